The van der Waals surface area contributed by atoms with E-state index in [9.17, 15) is 4.79 Å². The summed E-state index contributed by atoms with van der Waals surface area (Å²) in [6.45, 7) is 2.83. The van der Waals surface area contributed by atoms with Crippen molar-refractivity contribution < 1.29 is 9.26 Å². The Morgan fingerprint density at radius 3 is 3.04 bits per heavy atom. The lowest BCUT2D eigenvalue weighted by Gasteiger charge is -2.14. The van der Waals surface area contributed by atoms with Crippen molar-refractivity contribution in [2.75, 3.05) is 6.61 Å². The van der Waals surface area contributed by atoms with Gasteiger partial charge in [-0.3, -0.25) is 0 Å². The van der Waals surface area contributed by atoms with Crippen LogP contribution in [0.2, 0.25) is 0 Å². The molecule has 1 fully saturated rings. The molecule has 0 spiro atoms. The van der Waals surface area contributed by atoms with E-state index in [2.05, 4.69) is 36.0 Å². The maximum Gasteiger partial charge on any atom is 0.323 e. The van der Waals surface area contributed by atoms with E-state index in [0.29, 0.717) is 28.3 Å². The van der Waals surface area contributed by atoms with Crippen molar-refractivity contribution in [1.82, 2.24) is 20.1 Å². The number of halogens is 1. The second kappa shape index (κ2) is 5.61. The highest BCUT2D eigenvalue weighted by Crippen LogP contribution is 2.31. The fourth-order valence-corrected chi connectivity index (χ4v) is 3.43. The Morgan fingerprint density at radius 1 is 1.39 bits per heavy atom. The normalized spacial score (nSPS) is 19.5. The molecule has 3 heterocycles. The van der Waals surface area contributed by atoms with Crippen molar-refractivity contribution in [1.29, 1.82) is 0 Å². The van der Waals surface area contributed by atoms with Crippen LogP contribution in [0.5, 0.6) is 0 Å². The molecule has 2 N–H and O–H groups in total. The molecule has 1 aliphatic rings. The number of ether oxygens (including phenoxy) is 1. The topological polar surface area (TPSA) is 96.8 Å². The van der Waals surface area contributed by atoms with Crippen LogP contribution in [0.3, 0.4) is 0 Å². The van der Waals surface area contributed by atoms with E-state index in [4.69, 9.17) is 9.26 Å². The lowest BCUT2D eigenvalue weighted by atomic mass is 10.0. The zero-order valence-electron chi connectivity index (χ0n) is 12.4. The number of rotatable bonds is 3. The minimum absolute atomic E-state index is 0.0721. The molecule has 1 aliphatic heterocycles. The lowest BCUT2D eigenvalue weighted by molar-refractivity contribution is 0.0902. The van der Waals surface area contributed by atoms with Gasteiger partial charge < -0.3 is 19.2 Å². The summed E-state index contributed by atoms with van der Waals surface area (Å²) in [7, 11) is 0. The van der Waals surface area contributed by atoms with Gasteiger partial charge in [-0.15, -0.1) is 0 Å². The molecule has 2 unspecified atom stereocenters. The van der Waals surface area contributed by atoms with Gasteiger partial charge in [0, 0.05) is 17.0 Å². The van der Waals surface area contributed by atoms with E-state index in [0.717, 1.165) is 23.9 Å². The van der Waals surface area contributed by atoms with Crippen LogP contribution in [0.15, 0.2) is 25.9 Å². The number of aromatic amines is 2. The highest BCUT2D eigenvalue weighted by atomic mass is 79.9. The highest BCUT2D eigenvalue weighted by molar-refractivity contribution is 9.10. The molecule has 0 bridgehead atoms. The molecule has 1 aromatic carbocycles. The third-order valence-electron chi connectivity index (χ3n) is 4.19. The largest absolute Gasteiger partial charge is 0.377 e. The summed E-state index contributed by atoms with van der Waals surface area (Å²) in [4.78, 5) is 21.6. The zero-order chi connectivity index (χ0) is 16.0. The van der Waals surface area contributed by atoms with E-state index in [-0.39, 0.29) is 17.7 Å². The quantitative estimate of drug-likeness (QED) is 0.729. The van der Waals surface area contributed by atoms with Crippen molar-refractivity contribution in [3.8, 4) is 11.5 Å². The second-order valence-electron chi connectivity index (χ2n) is 5.75. The first-order valence-electron chi connectivity index (χ1n) is 7.49. The molecule has 0 amide bonds. The Kier molecular flexibility index (Phi) is 3.57. The van der Waals surface area contributed by atoms with E-state index in [1.165, 1.54) is 0 Å². The Balaban J connectivity index is 1.75. The molecule has 7 nitrogen and oxygen atoms in total. The van der Waals surface area contributed by atoms with Crippen LogP contribution in [-0.4, -0.2) is 32.8 Å². The number of benzene rings is 1. The smallest absolute Gasteiger partial charge is 0.323 e. The summed E-state index contributed by atoms with van der Waals surface area (Å²) in [5, 5.41) is 4.10. The van der Waals surface area contributed by atoms with E-state index in [1.54, 1.807) is 0 Å². The molecular formula is C15H15BrN4O3. The monoisotopic (exact) mass is 378 g/mol. The molecule has 0 radical (unpaired) electrons. The Hall–Kier alpha value is -1.93. The van der Waals surface area contributed by atoms with Gasteiger partial charge in [0.05, 0.1) is 22.7 Å². The average Bonchev–Trinajstić information content (AvgIpc) is 3.25. The number of hydrogen-bond acceptors (Lipinski definition) is 5. The minimum atomic E-state index is -0.271. The summed E-state index contributed by atoms with van der Waals surface area (Å²) in [5.74, 6) is 1.08. The summed E-state index contributed by atoms with van der Waals surface area (Å²) in [6, 6.07) is 3.67. The maximum absolute atomic E-state index is 11.6. The molecule has 0 saturated carbocycles. The van der Waals surface area contributed by atoms with Crippen LogP contribution in [0.4, 0.5) is 0 Å². The van der Waals surface area contributed by atoms with Gasteiger partial charge in [-0.1, -0.05) is 28.0 Å². The predicted octanol–water partition coefficient (Wildman–Crippen LogP) is 2.95. The average molecular weight is 379 g/mol. The second-order valence-corrected chi connectivity index (χ2v) is 6.67. The van der Waals surface area contributed by atoms with Gasteiger partial charge in [0.15, 0.2) is 5.82 Å². The molecule has 120 valence electrons. The van der Waals surface area contributed by atoms with Crippen LogP contribution >= 0.6 is 15.9 Å². The molecule has 2 atom stereocenters. The van der Waals surface area contributed by atoms with Gasteiger partial charge in [0.1, 0.15) is 0 Å². The van der Waals surface area contributed by atoms with Gasteiger partial charge >= 0.3 is 5.69 Å². The number of H-pyrrole nitrogens is 2. The van der Waals surface area contributed by atoms with E-state index < -0.39 is 0 Å². The van der Waals surface area contributed by atoms with Crippen LogP contribution in [0.25, 0.3) is 22.5 Å². The summed E-state index contributed by atoms with van der Waals surface area (Å²) in [6.07, 6.45) is 2.21. The first-order valence-corrected chi connectivity index (χ1v) is 8.28. The summed E-state index contributed by atoms with van der Waals surface area (Å²) < 4.78 is 11.9. The van der Waals surface area contributed by atoms with Crippen LogP contribution in [0.1, 0.15) is 31.5 Å². The van der Waals surface area contributed by atoms with Crippen molar-refractivity contribution in [3.63, 3.8) is 0 Å². The van der Waals surface area contributed by atoms with Crippen molar-refractivity contribution in [2.45, 2.75) is 31.8 Å². The van der Waals surface area contributed by atoms with Crippen molar-refractivity contribution >= 4 is 27.0 Å². The van der Waals surface area contributed by atoms with E-state index >= 15 is 0 Å². The minimum Gasteiger partial charge on any atom is -0.377 e. The molecule has 1 saturated heterocycles. The maximum atomic E-state index is 11.6. The third kappa shape index (κ3) is 2.61. The van der Waals surface area contributed by atoms with Gasteiger partial charge in [0.2, 0.25) is 0 Å². The lowest BCUT2D eigenvalue weighted by Crippen LogP contribution is -2.15. The van der Waals surface area contributed by atoms with Gasteiger partial charge in [-0.05, 0) is 25.0 Å². The van der Waals surface area contributed by atoms with Crippen molar-refractivity contribution in [3.05, 3.63) is 32.9 Å². The van der Waals surface area contributed by atoms with Crippen LogP contribution in [-0.2, 0) is 4.74 Å². The zero-order valence-corrected chi connectivity index (χ0v) is 14.0. The number of aromatic nitrogens is 4. The molecular weight excluding hydrogens is 364 g/mol. The van der Waals surface area contributed by atoms with Gasteiger partial charge in [0.25, 0.3) is 5.89 Å². The Morgan fingerprint density at radius 2 is 2.26 bits per heavy atom. The number of fused-ring (bicyclic) bond motifs is 1. The fourth-order valence-electron chi connectivity index (χ4n) is 2.97. The highest BCUT2D eigenvalue weighted by Gasteiger charge is 2.28. The molecule has 23 heavy (non-hydrogen) atoms. The predicted molar refractivity (Wildman–Crippen MR) is 87.3 cm³/mol. The Bertz CT molecular complexity index is 907. The third-order valence-corrected chi connectivity index (χ3v) is 4.65. The number of hydrogen-bond donors (Lipinski definition) is 2. The van der Waals surface area contributed by atoms with E-state index in [1.807, 2.05) is 19.1 Å². The summed E-state index contributed by atoms with van der Waals surface area (Å²) >= 11 is 3.43. The first-order chi connectivity index (χ1) is 11.1. The fraction of sp³-hybridized carbons (Fsp3) is 0.400. The summed E-state index contributed by atoms with van der Waals surface area (Å²) in [5.41, 5.74) is 1.75. The number of nitrogens with zero attached hydrogens (tertiary/aromatic N) is 2. The van der Waals surface area contributed by atoms with Gasteiger partial charge in [-0.25, -0.2) is 4.79 Å². The number of imidazole rings is 1. The number of nitrogens with one attached hydrogen (secondary N) is 2. The first kappa shape index (κ1) is 14.6. The van der Waals surface area contributed by atoms with Crippen LogP contribution in [0, 0.1) is 0 Å². The molecule has 0 aliphatic carbocycles. The molecule has 3 aromatic rings. The standard InChI is InChI=1S/C15H15BrN4O3/c1-7(11-3-2-4-22-11)13-19-14(23-20-13)9-5-8(16)6-10-12(9)18-15(21)17-10/h5-7,11H,2-4H2,1H3,(H2,17,18,21). The molecule has 8 heteroatoms. The Labute approximate surface area is 139 Å². The molecule has 2 aromatic heterocycles. The molecule has 4 rings (SSSR count). The van der Waals surface area contributed by atoms with Crippen molar-refractivity contribution in [2.24, 2.45) is 0 Å². The van der Waals surface area contributed by atoms with Gasteiger partial charge in [-0.2, -0.15) is 4.98 Å². The van der Waals surface area contributed by atoms with Crippen LogP contribution < -0.4 is 5.69 Å². The SMILES string of the molecule is CC(c1noc(-c2cc(Br)cc3[nH]c(=O)[nH]c23)n1)C1CCCO1.